The van der Waals surface area contributed by atoms with Gasteiger partial charge in [0.25, 0.3) is 0 Å². The Labute approximate surface area is 137 Å². The normalized spacial score (nSPS) is 30.1. The molecule has 0 spiro atoms. The van der Waals surface area contributed by atoms with E-state index in [0.29, 0.717) is 17.8 Å². The number of anilines is 1. The average molecular weight is 341 g/mol. The van der Waals surface area contributed by atoms with Crippen molar-refractivity contribution in [1.29, 1.82) is 0 Å². The van der Waals surface area contributed by atoms with E-state index in [0.717, 1.165) is 0 Å². The van der Waals surface area contributed by atoms with Crippen molar-refractivity contribution in [3.05, 3.63) is 6.33 Å². The van der Waals surface area contributed by atoms with Crippen LogP contribution in [0.4, 0.5) is 10.3 Å². The fourth-order valence-electron chi connectivity index (χ4n) is 2.82. The highest BCUT2D eigenvalue weighted by atomic mass is 19.1. The fraction of sp³-hybridized carbons (Fsp3) is 0.643. The van der Waals surface area contributed by atoms with Crippen LogP contribution < -0.4 is 10.5 Å². The van der Waals surface area contributed by atoms with Gasteiger partial charge in [0, 0.05) is 0 Å². The first-order chi connectivity index (χ1) is 11.4. The Kier molecular flexibility index (Phi) is 4.28. The molecule has 0 aromatic carbocycles. The van der Waals surface area contributed by atoms with Gasteiger partial charge in [-0.1, -0.05) is 0 Å². The SMILES string of the molecule is CCOc1nc(N)nc2c1ncn2C[C@@H]1O[C@H](CO)[C@@H](F)[C@@]1(C)O. The zero-order valence-electron chi connectivity index (χ0n) is 13.4. The summed E-state index contributed by atoms with van der Waals surface area (Å²) < 4.78 is 26.6. The second kappa shape index (κ2) is 6.11. The summed E-state index contributed by atoms with van der Waals surface area (Å²) >= 11 is 0. The predicted octanol–water partition coefficient (Wildman–Crippen LogP) is -0.344. The molecule has 24 heavy (non-hydrogen) atoms. The van der Waals surface area contributed by atoms with Gasteiger partial charge in [0.2, 0.25) is 11.8 Å². The van der Waals surface area contributed by atoms with Crippen molar-refractivity contribution in [3.63, 3.8) is 0 Å². The summed E-state index contributed by atoms with van der Waals surface area (Å²) in [4.78, 5) is 12.3. The molecule has 0 saturated carbocycles. The van der Waals surface area contributed by atoms with Crippen molar-refractivity contribution in [2.75, 3.05) is 18.9 Å². The Morgan fingerprint density at radius 1 is 1.50 bits per heavy atom. The van der Waals surface area contributed by atoms with Gasteiger partial charge in [0.15, 0.2) is 17.3 Å². The maximum absolute atomic E-state index is 14.2. The van der Waals surface area contributed by atoms with E-state index in [1.54, 1.807) is 11.5 Å². The fourth-order valence-corrected chi connectivity index (χ4v) is 2.82. The van der Waals surface area contributed by atoms with E-state index in [-0.39, 0.29) is 18.4 Å². The van der Waals surface area contributed by atoms with Crippen molar-refractivity contribution in [3.8, 4) is 5.88 Å². The number of aliphatic hydroxyl groups is 2. The molecule has 0 amide bonds. The number of hydrogen-bond acceptors (Lipinski definition) is 8. The lowest BCUT2D eigenvalue weighted by Gasteiger charge is -2.25. The third-order valence-corrected chi connectivity index (χ3v) is 4.15. The number of nitrogens with zero attached hydrogens (tertiary/aromatic N) is 4. The van der Waals surface area contributed by atoms with Crippen molar-refractivity contribution < 1.29 is 24.1 Å². The molecule has 0 bridgehead atoms. The molecule has 2 aromatic heterocycles. The van der Waals surface area contributed by atoms with Crippen LogP contribution >= 0.6 is 0 Å². The summed E-state index contributed by atoms with van der Waals surface area (Å²) in [5, 5.41) is 19.5. The molecule has 4 N–H and O–H groups in total. The molecular formula is C14H20FN5O4. The van der Waals surface area contributed by atoms with Crippen LogP contribution in [0.5, 0.6) is 5.88 Å². The summed E-state index contributed by atoms with van der Waals surface area (Å²) in [6.45, 7) is 3.11. The molecule has 0 unspecified atom stereocenters. The second-order valence-electron chi connectivity index (χ2n) is 5.86. The number of nitrogen functional groups attached to an aromatic ring is 1. The molecule has 3 rings (SSSR count). The van der Waals surface area contributed by atoms with E-state index in [4.69, 9.17) is 20.3 Å². The highest BCUT2D eigenvalue weighted by Crippen LogP contribution is 2.34. The van der Waals surface area contributed by atoms with Crippen LogP contribution in [0.2, 0.25) is 0 Å². The van der Waals surface area contributed by atoms with Gasteiger partial charge in [-0.25, -0.2) is 9.37 Å². The number of imidazole rings is 1. The first-order valence-electron chi connectivity index (χ1n) is 7.62. The highest BCUT2D eigenvalue weighted by Gasteiger charge is 2.53. The average Bonchev–Trinajstić information content (AvgIpc) is 3.02. The van der Waals surface area contributed by atoms with Crippen molar-refractivity contribution in [2.24, 2.45) is 0 Å². The minimum absolute atomic E-state index is 0.0170. The largest absolute Gasteiger partial charge is 0.476 e. The third kappa shape index (κ3) is 2.66. The Morgan fingerprint density at radius 3 is 2.88 bits per heavy atom. The Balaban J connectivity index is 1.94. The minimum atomic E-state index is -1.74. The summed E-state index contributed by atoms with van der Waals surface area (Å²) in [5.41, 5.74) is 4.76. The first-order valence-corrected chi connectivity index (χ1v) is 7.62. The maximum atomic E-state index is 14.2. The molecule has 0 radical (unpaired) electrons. The predicted molar refractivity (Wildman–Crippen MR) is 82.2 cm³/mol. The van der Waals surface area contributed by atoms with Crippen LogP contribution in [0.25, 0.3) is 11.2 Å². The van der Waals surface area contributed by atoms with Crippen molar-refractivity contribution in [1.82, 2.24) is 19.5 Å². The quantitative estimate of drug-likeness (QED) is 0.673. The number of ether oxygens (including phenoxy) is 2. The van der Waals surface area contributed by atoms with Crippen LogP contribution in [0.15, 0.2) is 6.33 Å². The van der Waals surface area contributed by atoms with Gasteiger partial charge in [-0.3, -0.25) is 0 Å². The number of fused-ring (bicyclic) bond motifs is 1. The molecule has 3 heterocycles. The maximum Gasteiger partial charge on any atom is 0.247 e. The first kappa shape index (κ1) is 16.8. The number of nitrogens with two attached hydrogens (primary N) is 1. The molecule has 4 atom stereocenters. The number of halogens is 1. The van der Waals surface area contributed by atoms with E-state index >= 15 is 0 Å². The highest BCUT2D eigenvalue weighted by molar-refractivity contribution is 5.77. The number of aliphatic hydroxyl groups excluding tert-OH is 1. The molecule has 10 heteroatoms. The zero-order valence-corrected chi connectivity index (χ0v) is 13.4. The topological polar surface area (TPSA) is 129 Å². The second-order valence-corrected chi connectivity index (χ2v) is 5.86. The molecule has 1 fully saturated rings. The van der Waals surface area contributed by atoms with E-state index < -0.39 is 30.6 Å². The lowest BCUT2D eigenvalue weighted by atomic mass is 9.94. The van der Waals surface area contributed by atoms with Gasteiger partial charge in [-0.15, -0.1) is 0 Å². The Morgan fingerprint density at radius 2 is 2.25 bits per heavy atom. The minimum Gasteiger partial charge on any atom is -0.476 e. The zero-order chi connectivity index (χ0) is 17.5. The van der Waals surface area contributed by atoms with Gasteiger partial charge in [0.05, 0.1) is 26.1 Å². The van der Waals surface area contributed by atoms with Gasteiger partial charge in [0.1, 0.15) is 17.8 Å². The van der Waals surface area contributed by atoms with E-state index in [9.17, 15) is 9.50 Å². The smallest absolute Gasteiger partial charge is 0.247 e. The molecule has 0 aliphatic carbocycles. The van der Waals surface area contributed by atoms with Gasteiger partial charge in [-0.05, 0) is 13.8 Å². The number of rotatable bonds is 5. The molecule has 1 saturated heterocycles. The molecule has 1 aliphatic rings. The van der Waals surface area contributed by atoms with E-state index in [1.165, 1.54) is 13.3 Å². The van der Waals surface area contributed by atoms with Gasteiger partial charge < -0.3 is 30.0 Å². The van der Waals surface area contributed by atoms with Gasteiger partial charge in [-0.2, -0.15) is 9.97 Å². The summed E-state index contributed by atoms with van der Waals surface area (Å²) in [6, 6.07) is 0. The molecule has 2 aromatic rings. The third-order valence-electron chi connectivity index (χ3n) is 4.15. The standard InChI is InChI=1S/C14H20FN5O4/c1-3-23-12-9-11(18-13(16)19-12)20(6-17-9)4-8-14(2,22)10(15)7(5-21)24-8/h6-8,10,21-22H,3-5H2,1-2H3,(H2,16,18,19)/t7-,8+,10-,14+/m1/s1. The van der Waals surface area contributed by atoms with E-state index in [2.05, 4.69) is 15.0 Å². The summed E-state index contributed by atoms with van der Waals surface area (Å²) in [5.74, 6) is 0.276. The molecular weight excluding hydrogens is 321 g/mol. The lowest BCUT2D eigenvalue weighted by molar-refractivity contribution is -0.0565. The van der Waals surface area contributed by atoms with Crippen molar-refractivity contribution in [2.45, 2.75) is 44.4 Å². The van der Waals surface area contributed by atoms with E-state index in [1.807, 2.05) is 0 Å². The summed E-state index contributed by atoms with van der Waals surface area (Å²) in [7, 11) is 0. The monoisotopic (exact) mass is 341 g/mol. The van der Waals surface area contributed by atoms with Crippen LogP contribution in [-0.2, 0) is 11.3 Å². The Bertz CT molecular complexity index is 737. The van der Waals surface area contributed by atoms with Crippen LogP contribution in [0.3, 0.4) is 0 Å². The van der Waals surface area contributed by atoms with Crippen LogP contribution in [0.1, 0.15) is 13.8 Å². The number of hydrogen-bond donors (Lipinski definition) is 3. The van der Waals surface area contributed by atoms with Crippen molar-refractivity contribution >= 4 is 17.1 Å². The Hall–Kier alpha value is -2.04. The van der Waals surface area contributed by atoms with Crippen LogP contribution in [-0.4, -0.2) is 66.9 Å². The molecule has 132 valence electrons. The number of aromatic nitrogens is 4. The number of alkyl halides is 1. The van der Waals surface area contributed by atoms with Gasteiger partial charge >= 0.3 is 0 Å². The lowest BCUT2D eigenvalue weighted by Crippen LogP contribution is -2.45. The van der Waals surface area contributed by atoms with Crippen LogP contribution in [0, 0.1) is 0 Å². The summed E-state index contributed by atoms with van der Waals surface area (Å²) in [6.07, 6.45) is -2.17. The molecule has 1 aliphatic heterocycles. The molecule has 9 nitrogen and oxygen atoms in total.